The van der Waals surface area contributed by atoms with Gasteiger partial charge in [0.2, 0.25) is 0 Å². The van der Waals surface area contributed by atoms with Crippen molar-refractivity contribution in [2.24, 2.45) is 0 Å². The van der Waals surface area contributed by atoms with Crippen molar-refractivity contribution in [3.8, 4) is 0 Å². The second-order valence-electron chi connectivity index (χ2n) is 5.93. The quantitative estimate of drug-likeness (QED) is 0.282. The SMILES string of the molecule is O=S(=O)(O)C(F)(F)C(F)(F)C(F)(F)C(F)(F)C(F)(F)C(F)(F)C(F)(F)C(F)(F)CC(F)(F)F. The number of rotatable bonds is 9. The van der Waals surface area contributed by atoms with E-state index in [9.17, 15) is 91.8 Å². The highest BCUT2D eigenvalue weighted by Crippen LogP contribution is 2.64. The fourth-order valence-corrected chi connectivity index (χ4v) is 2.18. The largest absolute Gasteiger partial charge is 0.438 e. The standard InChI is InChI=1S/C10H3F19O3S/c11-2(12,1-3(13,14)15)4(16,17)5(18,19)6(20,21)7(22,23)8(24,25)9(26,27)10(28,29)33(30,31)32/h1H2,(H,30,31,32). The Balaban J connectivity index is 6.95. The average Bonchev–Trinajstić information content (AvgIpc) is 2.49. The Morgan fingerprint density at radius 1 is 0.455 bits per heavy atom. The van der Waals surface area contributed by atoms with Crippen LogP contribution in [0.3, 0.4) is 0 Å². The van der Waals surface area contributed by atoms with E-state index in [0.29, 0.717) is 0 Å². The van der Waals surface area contributed by atoms with Gasteiger partial charge in [0, 0.05) is 0 Å². The molecule has 0 saturated heterocycles. The molecule has 0 saturated carbocycles. The van der Waals surface area contributed by atoms with Crippen LogP contribution in [0.15, 0.2) is 0 Å². The Morgan fingerprint density at radius 3 is 0.939 bits per heavy atom. The minimum Gasteiger partial charge on any atom is -0.281 e. The van der Waals surface area contributed by atoms with Crippen molar-refractivity contribution in [1.29, 1.82) is 0 Å². The topological polar surface area (TPSA) is 54.4 Å². The van der Waals surface area contributed by atoms with Gasteiger partial charge in [-0.15, -0.1) is 0 Å². The first-order valence-corrected chi connectivity index (χ1v) is 8.21. The van der Waals surface area contributed by atoms with E-state index < -0.39 is 69.4 Å². The number of hydrogen-bond donors (Lipinski definition) is 1. The van der Waals surface area contributed by atoms with E-state index in [2.05, 4.69) is 0 Å². The Hall–Kier alpha value is -1.42. The van der Waals surface area contributed by atoms with Gasteiger partial charge in [-0.05, 0) is 0 Å². The van der Waals surface area contributed by atoms with Crippen LogP contribution in [0.1, 0.15) is 6.42 Å². The van der Waals surface area contributed by atoms with Crippen molar-refractivity contribution in [3.05, 3.63) is 0 Å². The van der Waals surface area contributed by atoms with Crippen LogP contribution in [0.4, 0.5) is 83.4 Å². The van der Waals surface area contributed by atoms with Gasteiger partial charge < -0.3 is 0 Å². The van der Waals surface area contributed by atoms with E-state index in [1.807, 2.05) is 0 Å². The van der Waals surface area contributed by atoms with Crippen LogP contribution in [-0.2, 0) is 10.1 Å². The summed E-state index contributed by atoms with van der Waals surface area (Å²) >= 11 is 0. The van der Waals surface area contributed by atoms with Gasteiger partial charge in [0.25, 0.3) is 0 Å². The molecular weight excluding hydrogens is 561 g/mol. The molecule has 23 heteroatoms. The molecule has 3 nitrogen and oxygen atoms in total. The molecule has 0 amide bonds. The molecule has 0 unspecified atom stereocenters. The zero-order valence-corrected chi connectivity index (χ0v) is 14.9. The summed E-state index contributed by atoms with van der Waals surface area (Å²) in [4.78, 5) is 0. The van der Waals surface area contributed by atoms with E-state index in [4.69, 9.17) is 4.55 Å². The van der Waals surface area contributed by atoms with Crippen molar-refractivity contribution in [3.63, 3.8) is 0 Å². The van der Waals surface area contributed by atoms with Gasteiger partial charge in [-0.3, -0.25) is 4.55 Å². The van der Waals surface area contributed by atoms with Crippen LogP contribution >= 0.6 is 0 Å². The molecule has 1 N–H and O–H groups in total. The Labute approximate surface area is 167 Å². The van der Waals surface area contributed by atoms with Gasteiger partial charge >= 0.3 is 63.0 Å². The molecule has 0 atom stereocenters. The third-order valence-corrected chi connectivity index (χ3v) is 4.45. The van der Waals surface area contributed by atoms with E-state index in [-0.39, 0.29) is 0 Å². The van der Waals surface area contributed by atoms with Crippen molar-refractivity contribution >= 4 is 10.1 Å². The monoisotopic (exact) mass is 564 g/mol. The van der Waals surface area contributed by atoms with Crippen molar-refractivity contribution < 1.29 is 96.4 Å². The Bertz CT molecular complexity index is 838. The van der Waals surface area contributed by atoms with Gasteiger partial charge in [-0.25, -0.2) is 0 Å². The summed E-state index contributed by atoms with van der Waals surface area (Å²) in [5.41, 5.74) is 0. The molecule has 0 radical (unpaired) electrons. The smallest absolute Gasteiger partial charge is 0.281 e. The number of halogens is 19. The molecule has 0 aromatic heterocycles. The molecule has 0 aromatic rings. The summed E-state index contributed by atoms with van der Waals surface area (Å²) in [5.74, 6) is -60.2. The first-order valence-electron chi connectivity index (χ1n) is 6.77. The predicted octanol–water partition coefficient (Wildman–Crippen LogP) is 5.87. The Kier molecular flexibility index (Phi) is 7.21. The lowest BCUT2D eigenvalue weighted by atomic mass is 9.88. The number of hydrogen-bond acceptors (Lipinski definition) is 2. The van der Waals surface area contributed by atoms with E-state index in [0.717, 1.165) is 0 Å². The lowest BCUT2D eigenvalue weighted by Crippen LogP contribution is -2.75. The number of alkyl halides is 19. The third kappa shape index (κ3) is 4.26. The highest BCUT2D eigenvalue weighted by molar-refractivity contribution is 7.87. The fourth-order valence-electron chi connectivity index (χ4n) is 1.73. The van der Waals surface area contributed by atoms with Crippen LogP contribution in [0, 0.1) is 0 Å². The summed E-state index contributed by atoms with van der Waals surface area (Å²) in [6, 6.07) is 0. The summed E-state index contributed by atoms with van der Waals surface area (Å²) in [6.07, 6.45) is -11.1. The highest BCUT2D eigenvalue weighted by atomic mass is 32.2. The molecular formula is C10H3F19O3S. The van der Waals surface area contributed by atoms with Crippen LogP contribution in [0.25, 0.3) is 0 Å². The van der Waals surface area contributed by atoms with Crippen molar-refractivity contribution in [1.82, 2.24) is 0 Å². The molecule has 0 aliphatic rings. The molecule has 0 spiro atoms. The molecule has 0 aromatic carbocycles. The van der Waals surface area contributed by atoms with E-state index in [1.54, 1.807) is 0 Å². The first-order chi connectivity index (χ1) is 13.7. The van der Waals surface area contributed by atoms with E-state index >= 15 is 0 Å². The summed E-state index contributed by atoms with van der Waals surface area (Å²) in [6.45, 7) is 0. The molecule has 0 aliphatic carbocycles. The third-order valence-electron chi connectivity index (χ3n) is 3.54. The molecule has 0 rings (SSSR count). The summed E-state index contributed by atoms with van der Waals surface area (Å²) < 4.78 is 273. The van der Waals surface area contributed by atoms with Crippen LogP contribution in [-0.4, -0.2) is 65.9 Å². The summed E-state index contributed by atoms with van der Waals surface area (Å²) in [7, 11) is -7.98. The van der Waals surface area contributed by atoms with Crippen LogP contribution in [0.5, 0.6) is 0 Å². The zero-order chi connectivity index (χ0) is 27.7. The molecule has 0 heterocycles. The van der Waals surface area contributed by atoms with Gasteiger partial charge in [-0.1, -0.05) is 0 Å². The lowest BCUT2D eigenvalue weighted by Gasteiger charge is -2.43. The molecule has 0 fully saturated rings. The Morgan fingerprint density at radius 2 is 0.697 bits per heavy atom. The molecule has 0 aliphatic heterocycles. The molecule has 33 heavy (non-hydrogen) atoms. The summed E-state index contributed by atoms with van der Waals surface area (Å²) in [5, 5.41) is -7.93. The average molecular weight is 564 g/mol. The minimum absolute atomic E-state index is 4.49. The van der Waals surface area contributed by atoms with Crippen LogP contribution in [0.2, 0.25) is 0 Å². The zero-order valence-electron chi connectivity index (χ0n) is 14.1. The highest BCUT2D eigenvalue weighted by Gasteiger charge is 2.96. The van der Waals surface area contributed by atoms with Crippen molar-refractivity contribution in [2.75, 3.05) is 0 Å². The second kappa shape index (κ2) is 7.54. The van der Waals surface area contributed by atoms with E-state index in [1.165, 1.54) is 0 Å². The normalized spacial score (nSPS) is 16.8. The van der Waals surface area contributed by atoms with Crippen molar-refractivity contribution in [2.45, 2.75) is 59.3 Å². The van der Waals surface area contributed by atoms with Gasteiger partial charge in [0.1, 0.15) is 6.42 Å². The van der Waals surface area contributed by atoms with Gasteiger partial charge in [0.15, 0.2) is 0 Å². The maximum Gasteiger partial charge on any atom is 0.438 e. The maximum absolute atomic E-state index is 13.3. The molecule has 0 bridgehead atoms. The first kappa shape index (κ1) is 31.6. The fraction of sp³-hybridized carbons (Fsp3) is 1.00. The minimum atomic E-state index is -9.03. The predicted molar refractivity (Wildman–Crippen MR) is 61.8 cm³/mol. The van der Waals surface area contributed by atoms with Gasteiger partial charge in [-0.2, -0.15) is 91.8 Å². The second-order valence-corrected chi connectivity index (χ2v) is 7.40. The maximum atomic E-state index is 13.3. The van der Waals surface area contributed by atoms with Crippen LogP contribution < -0.4 is 0 Å². The van der Waals surface area contributed by atoms with Gasteiger partial charge in [0.05, 0.1) is 0 Å². The lowest BCUT2D eigenvalue weighted by molar-refractivity contribution is -0.451. The molecule has 200 valence electrons.